The van der Waals surface area contributed by atoms with Crippen molar-refractivity contribution < 1.29 is 98.7 Å². The molecular weight excluding hydrogens is 1900 g/mol. The predicted octanol–water partition coefficient (Wildman–Crippen LogP) is 16.1. The van der Waals surface area contributed by atoms with E-state index in [0.29, 0.717) is 148 Å². The Hall–Kier alpha value is -13.6. The van der Waals surface area contributed by atoms with Crippen LogP contribution in [0, 0.1) is 5.82 Å². The molecule has 10 aromatic rings. The van der Waals surface area contributed by atoms with Crippen LogP contribution in [0.2, 0.25) is 5.02 Å². The minimum Gasteiger partial charge on any atom is -0.497 e. The lowest BCUT2D eigenvalue weighted by atomic mass is 10.0. The maximum absolute atomic E-state index is 13.8. The number of rotatable bonds is 40. The molecule has 6 heterocycles. The number of nitrogens with one attached hydrogen (secondary N) is 8. The molecule has 776 valence electrons. The normalized spacial score (nSPS) is 14.5. The van der Waals surface area contributed by atoms with Crippen molar-refractivity contribution in [3.05, 3.63) is 297 Å². The second kappa shape index (κ2) is 60.4. The number of alkyl halides is 3. The second-order valence-corrected chi connectivity index (χ2v) is 35.1. The van der Waals surface area contributed by atoms with Crippen molar-refractivity contribution in [2.75, 3.05) is 226 Å². The highest BCUT2D eigenvalue weighted by molar-refractivity contribution is 6.30. The van der Waals surface area contributed by atoms with Crippen LogP contribution >= 0.6 is 11.6 Å². The standard InChI is InChI=1S/C23H29N3O6.C23H28N2O4.C22H24F3N3O2.C21H24ClN3O2.C21H24FN3O3/c1-29-19-14-17(25-23(28)16-6-4-8-24-15-16)20(22(31-3)21(19)30-2)18(27)7-5-9-26-10-12-32-13-11-26;1-28-19-11-9-18(10-12-19)23(27)24-21-7-3-2-6-20(21)22(26)8-4-5-13-25-14-16-29-17-15-25;23-22(24,25)17-6-3-5-16(15-17)21(30)27-19-8-2-1-7-18(19)20(29)9-4-12-28-13-10-26-11-14-28;22-17-9-7-16(8-10-17)21(27)24-19-5-2-1-4-18(19)20(26)6-3-13-25-14-11-23-12-15-25;22-18-8-3-1-6-16(18)21(27)24-19-9-4-2-7-17(19)20(26)23-10-5-11-25-12-14-28-15-13-25/h4,6,8,14-15H,5,7,9-13H2,1-3H3,(H,25,28);2-3,6-7,9-12H,4-5,8,13-17H2,1H3,(H,24,27);1-3,5-8,15,26H,4,9-14H2,(H,27,30);1-2,4-5,7-10,23H,3,6,11-15H2,(H,24,27);1-4,6-9H,5,10-15H2,(H,23,26)(H,24,27). The van der Waals surface area contributed by atoms with E-state index in [1.165, 1.54) is 57.9 Å². The van der Waals surface area contributed by atoms with Crippen molar-refractivity contribution in [3.63, 3.8) is 0 Å². The fourth-order valence-corrected chi connectivity index (χ4v) is 16.7. The summed E-state index contributed by atoms with van der Waals surface area (Å²) in [5.41, 5.74) is 4.41. The fraction of sp³-hybridized carbons (Fsp3) is 0.373. The number of halogens is 5. The van der Waals surface area contributed by atoms with E-state index >= 15 is 0 Å². The first-order valence-electron chi connectivity index (χ1n) is 49.0. The van der Waals surface area contributed by atoms with Crippen LogP contribution in [0.15, 0.2) is 225 Å². The van der Waals surface area contributed by atoms with Gasteiger partial charge in [-0.05, 0) is 211 Å². The average Bonchev–Trinajstić information content (AvgIpc) is 0.777. The minimum absolute atomic E-state index is 0.0529. The quantitative estimate of drug-likeness (QED) is 0.0100. The third-order valence-electron chi connectivity index (χ3n) is 24.6. The number of pyridine rings is 1. The molecule has 5 saturated heterocycles. The number of Topliss-reactive ketones (excluding diaryl/α,β-unsaturated/α-hetero) is 4. The summed E-state index contributed by atoms with van der Waals surface area (Å²) in [4.78, 5) is 142. The zero-order valence-electron chi connectivity index (χ0n) is 82.8. The second-order valence-electron chi connectivity index (χ2n) is 34.7. The molecule has 0 bridgehead atoms. The maximum Gasteiger partial charge on any atom is 0.416 e. The number of ether oxygens (including phenoxy) is 7. The van der Waals surface area contributed by atoms with Crippen molar-refractivity contribution >= 4 is 98.6 Å². The van der Waals surface area contributed by atoms with E-state index in [-0.39, 0.29) is 63.3 Å². The predicted molar refractivity (Wildman–Crippen MR) is 554 cm³/mol. The van der Waals surface area contributed by atoms with Crippen molar-refractivity contribution in [2.45, 2.75) is 70.4 Å². The number of aromatic nitrogens is 1. The molecule has 36 heteroatoms. The fourth-order valence-electron chi connectivity index (χ4n) is 16.6. The van der Waals surface area contributed by atoms with Crippen LogP contribution in [-0.2, 0) is 20.4 Å². The van der Waals surface area contributed by atoms with Crippen LogP contribution in [0.3, 0.4) is 0 Å². The van der Waals surface area contributed by atoms with E-state index in [4.69, 9.17) is 44.8 Å². The van der Waals surface area contributed by atoms with Crippen molar-refractivity contribution in [3.8, 4) is 23.0 Å². The van der Waals surface area contributed by atoms with Gasteiger partial charge in [0.25, 0.3) is 35.4 Å². The number of ketones is 4. The van der Waals surface area contributed by atoms with Crippen LogP contribution in [0.25, 0.3) is 0 Å². The third kappa shape index (κ3) is 36.3. The Labute approximate surface area is 853 Å². The molecule has 0 radical (unpaired) electrons. The number of nitrogens with zero attached hydrogens (tertiary/aromatic N) is 6. The van der Waals surface area contributed by atoms with Crippen LogP contribution in [-0.4, -0.2) is 287 Å². The summed E-state index contributed by atoms with van der Waals surface area (Å²) >= 11 is 5.86. The number of para-hydroxylation sites is 4. The van der Waals surface area contributed by atoms with Gasteiger partial charge in [-0.15, -0.1) is 0 Å². The van der Waals surface area contributed by atoms with Crippen molar-refractivity contribution in [1.29, 1.82) is 0 Å². The van der Waals surface area contributed by atoms with Crippen molar-refractivity contribution in [2.24, 2.45) is 0 Å². The molecule has 5 aliphatic rings. The van der Waals surface area contributed by atoms with Gasteiger partial charge < -0.3 is 85.5 Å². The summed E-state index contributed by atoms with van der Waals surface area (Å²) in [6.45, 7) is 22.8. The lowest BCUT2D eigenvalue weighted by Gasteiger charge is -2.26. The number of morpholine rings is 3. The number of carbonyl (C=O) groups is 10. The number of methoxy groups -OCH3 is 4. The van der Waals surface area contributed by atoms with Gasteiger partial charge in [0.1, 0.15) is 11.6 Å². The third-order valence-corrected chi connectivity index (χ3v) is 24.8. The molecular formula is C110H129ClF4N14O17. The highest BCUT2D eigenvalue weighted by Crippen LogP contribution is 2.45. The Balaban J connectivity index is 0.000000174. The highest BCUT2D eigenvalue weighted by atomic mass is 35.5. The number of hydrogen-bond donors (Lipinski definition) is 8. The molecule has 6 amide bonds. The van der Waals surface area contributed by atoms with E-state index in [0.717, 1.165) is 189 Å². The number of hydrogen-bond acceptors (Lipinski definition) is 25. The zero-order valence-corrected chi connectivity index (χ0v) is 83.6. The number of amides is 6. The molecule has 8 N–H and O–H groups in total. The first-order chi connectivity index (χ1) is 70.9. The van der Waals surface area contributed by atoms with Gasteiger partial charge >= 0.3 is 6.18 Å². The van der Waals surface area contributed by atoms with Gasteiger partial charge in [-0.1, -0.05) is 78.3 Å². The van der Waals surface area contributed by atoms with E-state index in [1.54, 1.807) is 159 Å². The Morgan fingerprint density at radius 2 is 0.753 bits per heavy atom. The number of unbranched alkanes of at least 4 members (excludes halogenated alkanes) is 1. The molecule has 31 nitrogen and oxygen atoms in total. The summed E-state index contributed by atoms with van der Waals surface area (Å²) in [5.74, 6) is -1.66. The minimum atomic E-state index is -4.53. The maximum atomic E-state index is 13.8. The molecule has 0 atom stereocenters. The highest BCUT2D eigenvalue weighted by Gasteiger charge is 2.33. The van der Waals surface area contributed by atoms with Gasteiger partial charge in [-0.25, -0.2) is 4.39 Å². The van der Waals surface area contributed by atoms with Crippen LogP contribution in [0.4, 0.5) is 46.0 Å². The summed E-state index contributed by atoms with van der Waals surface area (Å²) < 4.78 is 90.0. The number of piperazine rings is 2. The zero-order chi connectivity index (χ0) is 104. The Kier molecular flexibility index (Phi) is 46.6. The molecule has 0 saturated carbocycles. The molecule has 0 unspecified atom stereocenters. The molecule has 1 aromatic heterocycles. The van der Waals surface area contributed by atoms with Gasteiger partial charge in [-0.3, -0.25) is 67.6 Å². The number of benzene rings is 9. The molecule has 0 aliphatic carbocycles. The number of anilines is 5. The van der Waals surface area contributed by atoms with Gasteiger partial charge in [0, 0.05) is 181 Å². The topological polar surface area (TPSA) is 361 Å². The van der Waals surface area contributed by atoms with E-state index in [9.17, 15) is 65.5 Å². The largest absolute Gasteiger partial charge is 0.497 e. The monoisotopic (exact) mass is 2030 g/mol. The average molecular weight is 2030 g/mol. The smallest absolute Gasteiger partial charge is 0.416 e. The van der Waals surface area contributed by atoms with E-state index < -0.39 is 35.3 Å². The lowest BCUT2D eigenvalue weighted by molar-refractivity contribution is -0.137. The lowest BCUT2D eigenvalue weighted by Crippen LogP contribution is -2.43. The molecule has 15 rings (SSSR count). The molecule has 146 heavy (non-hydrogen) atoms. The van der Waals surface area contributed by atoms with Gasteiger partial charge in [0.05, 0.1) is 124 Å². The summed E-state index contributed by atoms with van der Waals surface area (Å²) in [7, 11) is 5.99. The van der Waals surface area contributed by atoms with E-state index in [2.05, 4.69) is 72.0 Å². The van der Waals surface area contributed by atoms with Gasteiger partial charge in [0.2, 0.25) is 5.75 Å². The Morgan fingerprint density at radius 3 is 1.21 bits per heavy atom. The van der Waals surface area contributed by atoms with Gasteiger partial charge in [-0.2, -0.15) is 13.2 Å². The first kappa shape index (κ1) is 113. The van der Waals surface area contributed by atoms with Gasteiger partial charge in [0.15, 0.2) is 34.6 Å². The van der Waals surface area contributed by atoms with E-state index in [1.807, 2.05) is 24.3 Å². The SMILES string of the molecule is COc1cc(NC(=O)c2cccnc2)c(C(=O)CCCN2CCOCC2)c(OC)c1OC.COc1ccc(C(=O)Nc2ccccc2C(=O)CCCCN2CCOCC2)cc1.O=C(Nc1ccccc1C(=O)CCCN1CCNCC1)c1ccc(Cl)cc1.O=C(Nc1ccccc1C(=O)CCCN1CCNCC1)c1cccc(C(F)(F)F)c1.O=C(Nc1ccccc1C(=O)NCCCN1CCOCC1)c1ccccc1F. The van der Waals surface area contributed by atoms with Crippen LogP contribution in [0.1, 0.15) is 173 Å². The molecule has 0 spiro atoms. The van der Waals surface area contributed by atoms with Crippen LogP contribution in [0.5, 0.6) is 23.0 Å². The Bertz CT molecular complexity index is 5900. The van der Waals surface area contributed by atoms with Crippen molar-refractivity contribution in [1.82, 2.24) is 45.4 Å². The number of carbonyl (C=O) groups excluding carboxylic acids is 10. The summed E-state index contributed by atoms with van der Waals surface area (Å²) in [5, 5.41) is 23.8. The molecule has 9 aromatic carbocycles. The van der Waals surface area contributed by atoms with Crippen LogP contribution < -0.4 is 61.5 Å². The summed E-state index contributed by atoms with van der Waals surface area (Å²) in [6, 6.07) is 56.0. The first-order valence-corrected chi connectivity index (χ1v) is 49.4. The molecule has 5 fully saturated rings. The Morgan fingerprint density at radius 1 is 0.363 bits per heavy atom. The molecule has 5 aliphatic heterocycles. The summed E-state index contributed by atoms with van der Waals surface area (Å²) in [6.07, 6.45) is 4.90.